The Hall–Kier alpha value is -4.91. The summed E-state index contributed by atoms with van der Waals surface area (Å²) < 4.78 is 13.0. The molecule has 0 radical (unpaired) electrons. The van der Waals surface area contributed by atoms with Crippen LogP contribution in [0.5, 0.6) is 5.75 Å². The zero-order valence-corrected chi connectivity index (χ0v) is 22.9. The molecule has 10 heteroatoms. The summed E-state index contributed by atoms with van der Waals surface area (Å²) in [5, 5.41) is 9.10. The molecule has 0 N–H and O–H groups in total. The van der Waals surface area contributed by atoms with E-state index in [1.54, 1.807) is 46.5 Å². The summed E-state index contributed by atoms with van der Waals surface area (Å²) in [5.41, 5.74) is 4.41. The first-order valence-electron chi connectivity index (χ1n) is 13.0. The predicted octanol–water partition coefficient (Wildman–Crippen LogP) is 4.64. The van der Waals surface area contributed by atoms with E-state index >= 15 is 0 Å². The highest BCUT2D eigenvalue weighted by Gasteiger charge is 2.29. The number of hydrogen-bond donors (Lipinski definition) is 0. The Morgan fingerprint density at radius 1 is 0.925 bits per heavy atom. The van der Waals surface area contributed by atoms with Gasteiger partial charge in [-0.05, 0) is 45.0 Å². The molecule has 0 bridgehead atoms. The SMILES string of the molecule is COc1cc(-c2cn3c(-c4ccc(C#N)cc4)cnc3cn2)ccc1C(=O)N1CCN(C(=O)OC(C)(C)C)CC1. The molecule has 1 aliphatic rings. The first-order valence-corrected chi connectivity index (χ1v) is 13.0. The Labute approximate surface area is 232 Å². The Morgan fingerprint density at radius 3 is 2.25 bits per heavy atom. The first-order chi connectivity index (χ1) is 19.2. The van der Waals surface area contributed by atoms with Crippen LogP contribution in [0, 0.1) is 11.3 Å². The number of amides is 2. The van der Waals surface area contributed by atoms with Crippen molar-refractivity contribution in [3.63, 3.8) is 0 Å². The summed E-state index contributed by atoms with van der Waals surface area (Å²) in [4.78, 5) is 38.1. The maximum atomic E-state index is 13.4. The van der Waals surface area contributed by atoms with Crippen molar-refractivity contribution in [1.82, 2.24) is 24.2 Å². The van der Waals surface area contributed by atoms with Gasteiger partial charge in [-0.3, -0.25) is 14.2 Å². The van der Waals surface area contributed by atoms with Gasteiger partial charge in [0.25, 0.3) is 5.91 Å². The number of nitriles is 1. The molecule has 2 aromatic carbocycles. The van der Waals surface area contributed by atoms with Crippen molar-refractivity contribution in [1.29, 1.82) is 5.26 Å². The molecule has 10 nitrogen and oxygen atoms in total. The molecule has 0 saturated carbocycles. The molecule has 40 heavy (non-hydrogen) atoms. The predicted molar refractivity (Wildman–Crippen MR) is 149 cm³/mol. The first kappa shape index (κ1) is 26.7. The third-order valence-electron chi connectivity index (χ3n) is 6.65. The lowest BCUT2D eigenvalue weighted by Gasteiger charge is -2.35. The van der Waals surface area contributed by atoms with E-state index in [9.17, 15) is 9.59 Å². The maximum absolute atomic E-state index is 13.4. The van der Waals surface area contributed by atoms with Gasteiger partial charge in [0.1, 0.15) is 11.4 Å². The molecular weight excluding hydrogens is 508 g/mol. The lowest BCUT2D eigenvalue weighted by molar-refractivity contribution is 0.0140. The number of carbonyl (C=O) groups is 2. The van der Waals surface area contributed by atoms with Gasteiger partial charge in [-0.2, -0.15) is 5.26 Å². The Morgan fingerprint density at radius 2 is 1.60 bits per heavy atom. The fraction of sp³-hybridized carbons (Fsp3) is 0.300. The minimum Gasteiger partial charge on any atom is -0.496 e. The molecule has 1 fully saturated rings. The van der Waals surface area contributed by atoms with Gasteiger partial charge in [-0.1, -0.05) is 18.2 Å². The Bertz CT molecular complexity index is 1610. The zero-order valence-electron chi connectivity index (χ0n) is 22.9. The van der Waals surface area contributed by atoms with Gasteiger partial charge in [0, 0.05) is 43.5 Å². The highest BCUT2D eigenvalue weighted by Crippen LogP contribution is 2.29. The molecule has 1 saturated heterocycles. The number of methoxy groups -OCH3 is 1. The van der Waals surface area contributed by atoms with Crippen molar-refractivity contribution in [2.24, 2.45) is 0 Å². The van der Waals surface area contributed by atoms with Crippen LogP contribution < -0.4 is 4.74 Å². The maximum Gasteiger partial charge on any atom is 0.410 e. The number of carbonyl (C=O) groups excluding carboxylic acids is 2. The van der Waals surface area contributed by atoms with Gasteiger partial charge in [-0.25, -0.2) is 9.78 Å². The molecule has 0 spiro atoms. The van der Waals surface area contributed by atoms with Gasteiger partial charge in [0.05, 0.1) is 48.1 Å². The summed E-state index contributed by atoms with van der Waals surface area (Å²) in [7, 11) is 1.53. The van der Waals surface area contributed by atoms with Crippen molar-refractivity contribution in [3.8, 4) is 34.3 Å². The summed E-state index contributed by atoms with van der Waals surface area (Å²) in [5.74, 6) is 0.283. The zero-order chi connectivity index (χ0) is 28.4. The molecule has 4 aromatic rings. The van der Waals surface area contributed by atoms with Crippen LogP contribution in [-0.2, 0) is 4.74 Å². The molecule has 1 aliphatic heterocycles. The molecule has 204 valence electrons. The lowest BCUT2D eigenvalue weighted by Crippen LogP contribution is -2.51. The molecule has 2 amide bonds. The molecule has 5 rings (SSSR count). The van der Waals surface area contributed by atoms with Gasteiger partial charge in [-0.15, -0.1) is 0 Å². The third kappa shape index (κ3) is 5.45. The number of ether oxygens (including phenoxy) is 2. The smallest absolute Gasteiger partial charge is 0.410 e. The molecule has 3 heterocycles. The van der Waals surface area contributed by atoms with Gasteiger partial charge in [0.2, 0.25) is 0 Å². The minimum atomic E-state index is -0.568. The summed E-state index contributed by atoms with van der Waals surface area (Å²) in [6, 6.07) is 14.9. The summed E-state index contributed by atoms with van der Waals surface area (Å²) in [6.45, 7) is 7.10. The average molecular weight is 539 g/mol. The lowest BCUT2D eigenvalue weighted by atomic mass is 10.1. The van der Waals surface area contributed by atoms with E-state index in [2.05, 4.69) is 16.0 Å². The second-order valence-corrected chi connectivity index (χ2v) is 10.5. The highest BCUT2D eigenvalue weighted by molar-refractivity contribution is 5.97. The number of imidazole rings is 1. The van der Waals surface area contributed by atoms with E-state index in [0.29, 0.717) is 54.4 Å². The molecule has 2 aromatic heterocycles. The monoisotopic (exact) mass is 538 g/mol. The van der Waals surface area contributed by atoms with Gasteiger partial charge >= 0.3 is 6.09 Å². The normalized spacial score (nSPS) is 13.7. The van der Waals surface area contributed by atoms with Gasteiger partial charge < -0.3 is 19.3 Å². The largest absolute Gasteiger partial charge is 0.496 e. The van der Waals surface area contributed by atoms with Crippen LogP contribution in [0.2, 0.25) is 0 Å². The van der Waals surface area contributed by atoms with E-state index in [1.807, 2.05) is 49.6 Å². The quantitative estimate of drug-likeness (QED) is 0.372. The van der Waals surface area contributed by atoms with Crippen LogP contribution in [-0.4, -0.2) is 75.1 Å². The minimum absolute atomic E-state index is 0.159. The Kier molecular flexibility index (Phi) is 7.13. The van der Waals surface area contributed by atoms with E-state index < -0.39 is 5.60 Å². The fourth-order valence-corrected chi connectivity index (χ4v) is 4.58. The van der Waals surface area contributed by atoms with E-state index in [1.165, 1.54) is 7.11 Å². The van der Waals surface area contributed by atoms with Crippen LogP contribution in [0.4, 0.5) is 4.79 Å². The molecule has 0 aliphatic carbocycles. The standard InChI is InChI=1S/C30H30N6O4/c1-30(2,3)40-29(38)35-13-11-34(12-14-35)28(37)23-10-9-22(15-26(23)39-4)24-19-36-25(17-33-27(36)18-32-24)21-7-5-20(16-31)6-8-21/h5-10,15,17-19H,11-14H2,1-4H3. The number of benzene rings is 2. The fourth-order valence-electron chi connectivity index (χ4n) is 4.58. The summed E-state index contributed by atoms with van der Waals surface area (Å²) in [6.07, 6.45) is 4.99. The van der Waals surface area contributed by atoms with Crippen LogP contribution in [0.1, 0.15) is 36.7 Å². The molecule has 0 atom stereocenters. The van der Waals surface area contributed by atoms with Crippen molar-refractivity contribution in [2.45, 2.75) is 26.4 Å². The van der Waals surface area contributed by atoms with Crippen LogP contribution in [0.15, 0.2) is 61.1 Å². The summed E-state index contributed by atoms with van der Waals surface area (Å²) >= 11 is 0. The van der Waals surface area contributed by atoms with E-state index in [-0.39, 0.29) is 12.0 Å². The average Bonchev–Trinajstić information content (AvgIpc) is 3.39. The Balaban J connectivity index is 1.35. The van der Waals surface area contributed by atoms with E-state index in [0.717, 1.165) is 16.8 Å². The number of rotatable bonds is 4. The topological polar surface area (TPSA) is 113 Å². The van der Waals surface area contributed by atoms with Gasteiger partial charge in [0.15, 0.2) is 5.65 Å². The second kappa shape index (κ2) is 10.7. The molecular formula is C30H30N6O4. The second-order valence-electron chi connectivity index (χ2n) is 10.5. The number of aromatic nitrogens is 3. The number of nitrogens with zero attached hydrogens (tertiary/aromatic N) is 6. The van der Waals surface area contributed by atoms with Crippen LogP contribution in [0.25, 0.3) is 28.2 Å². The number of fused-ring (bicyclic) bond motifs is 1. The number of piperazine rings is 1. The van der Waals surface area contributed by atoms with Crippen molar-refractivity contribution in [2.75, 3.05) is 33.3 Å². The van der Waals surface area contributed by atoms with Crippen LogP contribution >= 0.6 is 0 Å². The van der Waals surface area contributed by atoms with Crippen molar-refractivity contribution < 1.29 is 19.1 Å². The van der Waals surface area contributed by atoms with Crippen molar-refractivity contribution >= 4 is 17.6 Å². The third-order valence-corrected chi connectivity index (χ3v) is 6.65. The van der Waals surface area contributed by atoms with Crippen molar-refractivity contribution in [3.05, 3.63) is 72.2 Å². The van der Waals surface area contributed by atoms with Crippen LogP contribution in [0.3, 0.4) is 0 Å². The highest BCUT2D eigenvalue weighted by atomic mass is 16.6. The number of hydrogen-bond acceptors (Lipinski definition) is 7. The van der Waals surface area contributed by atoms with E-state index in [4.69, 9.17) is 14.7 Å². The molecule has 0 unspecified atom stereocenters.